The van der Waals surface area contributed by atoms with Gasteiger partial charge in [-0.3, -0.25) is 4.79 Å². The minimum Gasteiger partial charge on any atom is -0.489 e. The second-order valence-corrected chi connectivity index (χ2v) is 5.38. The number of benzene rings is 1. The smallest absolute Gasteiger partial charge is 0.222 e. The van der Waals surface area contributed by atoms with Gasteiger partial charge in [0.1, 0.15) is 12.4 Å². The van der Waals surface area contributed by atoms with E-state index >= 15 is 0 Å². The largest absolute Gasteiger partial charge is 0.489 e. The number of hydrogen-bond acceptors (Lipinski definition) is 4. The standard InChI is InChI=1S/C16H24N2O3/c1-12-5-6-14(15(10-12)21-9-8-20-2)18-13-4-3-7-17-16(19)11-13/h5-6,10,13,18H,3-4,7-9,11H2,1-2H3,(H,17,19). The van der Waals surface area contributed by atoms with Crippen molar-refractivity contribution in [2.75, 3.05) is 32.2 Å². The van der Waals surface area contributed by atoms with Gasteiger partial charge in [-0.25, -0.2) is 0 Å². The molecule has 1 saturated heterocycles. The first kappa shape index (κ1) is 15.6. The number of methoxy groups -OCH3 is 1. The molecule has 1 aliphatic rings. The van der Waals surface area contributed by atoms with Gasteiger partial charge in [0.15, 0.2) is 0 Å². The Balaban J connectivity index is 2.05. The number of carbonyl (C=O) groups excluding carboxylic acids is 1. The molecule has 0 spiro atoms. The minimum absolute atomic E-state index is 0.110. The van der Waals surface area contributed by atoms with Gasteiger partial charge in [-0.05, 0) is 37.5 Å². The van der Waals surface area contributed by atoms with Gasteiger partial charge in [0.25, 0.3) is 0 Å². The Morgan fingerprint density at radius 3 is 3.05 bits per heavy atom. The normalized spacial score (nSPS) is 18.8. The highest BCUT2D eigenvalue weighted by Crippen LogP contribution is 2.27. The Labute approximate surface area is 126 Å². The van der Waals surface area contributed by atoms with Crippen LogP contribution in [0.4, 0.5) is 5.69 Å². The van der Waals surface area contributed by atoms with Crippen LogP contribution in [-0.2, 0) is 9.53 Å². The molecule has 0 aromatic heterocycles. The van der Waals surface area contributed by atoms with Gasteiger partial charge in [-0.1, -0.05) is 6.07 Å². The number of hydrogen-bond donors (Lipinski definition) is 2. The van der Waals surface area contributed by atoms with Crippen LogP contribution in [0.1, 0.15) is 24.8 Å². The number of carbonyl (C=O) groups is 1. The van der Waals surface area contributed by atoms with Crippen LogP contribution in [0, 0.1) is 6.92 Å². The molecule has 1 aliphatic heterocycles. The molecular weight excluding hydrogens is 268 g/mol. The summed E-state index contributed by atoms with van der Waals surface area (Å²) < 4.78 is 10.8. The summed E-state index contributed by atoms with van der Waals surface area (Å²) in [6.07, 6.45) is 2.48. The van der Waals surface area contributed by atoms with E-state index in [9.17, 15) is 4.79 Å². The van der Waals surface area contributed by atoms with Crippen LogP contribution in [0.15, 0.2) is 18.2 Å². The van der Waals surface area contributed by atoms with Crippen LogP contribution in [0.2, 0.25) is 0 Å². The molecule has 1 fully saturated rings. The zero-order valence-electron chi connectivity index (χ0n) is 12.8. The topological polar surface area (TPSA) is 59.6 Å². The van der Waals surface area contributed by atoms with Crippen LogP contribution in [-0.4, -0.2) is 38.8 Å². The third kappa shape index (κ3) is 4.93. The van der Waals surface area contributed by atoms with Gasteiger partial charge < -0.3 is 20.1 Å². The summed E-state index contributed by atoms with van der Waals surface area (Å²) in [5.41, 5.74) is 2.09. The van der Waals surface area contributed by atoms with Crippen molar-refractivity contribution in [1.29, 1.82) is 0 Å². The highest BCUT2D eigenvalue weighted by molar-refractivity contribution is 5.77. The molecule has 116 valence electrons. The number of anilines is 1. The average Bonchev–Trinajstić information content (AvgIpc) is 2.66. The van der Waals surface area contributed by atoms with Gasteiger partial charge in [-0.15, -0.1) is 0 Å². The lowest BCUT2D eigenvalue weighted by atomic mass is 10.1. The number of amides is 1. The third-order valence-corrected chi connectivity index (χ3v) is 3.53. The first-order valence-electron chi connectivity index (χ1n) is 7.44. The molecule has 1 aromatic carbocycles. The Morgan fingerprint density at radius 1 is 1.38 bits per heavy atom. The van der Waals surface area contributed by atoms with Crippen LogP contribution in [0.3, 0.4) is 0 Å². The molecule has 1 amide bonds. The number of ether oxygens (including phenoxy) is 2. The summed E-state index contributed by atoms with van der Waals surface area (Å²) in [5, 5.41) is 6.35. The van der Waals surface area contributed by atoms with Crippen LogP contribution >= 0.6 is 0 Å². The summed E-state index contributed by atoms with van der Waals surface area (Å²) in [5.74, 6) is 0.927. The summed E-state index contributed by atoms with van der Waals surface area (Å²) in [6, 6.07) is 6.22. The van der Waals surface area contributed by atoms with Crippen LogP contribution < -0.4 is 15.4 Å². The second-order valence-electron chi connectivity index (χ2n) is 5.38. The van der Waals surface area contributed by atoms with Crippen molar-refractivity contribution in [1.82, 2.24) is 5.32 Å². The van der Waals surface area contributed by atoms with Gasteiger partial charge in [0, 0.05) is 26.1 Å². The van der Waals surface area contributed by atoms with Gasteiger partial charge in [0.05, 0.1) is 12.3 Å². The van der Waals surface area contributed by atoms with E-state index in [0.29, 0.717) is 19.6 Å². The highest BCUT2D eigenvalue weighted by atomic mass is 16.5. The zero-order chi connectivity index (χ0) is 15.1. The molecule has 1 atom stereocenters. The maximum absolute atomic E-state index is 11.6. The van der Waals surface area contributed by atoms with Crippen molar-refractivity contribution in [2.24, 2.45) is 0 Å². The fraction of sp³-hybridized carbons (Fsp3) is 0.562. The van der Waals surface area contributed by atoms with E-state index in [0.717, 1.165) is 36.4 Å². The SMILES string of the molecule is COCCOc1cc(C)ccc1NC1CCCNC(=O)C1. The minimum atomic E-state index is 0.110. The van der Waals surface area contributed by atoms with E-state index in [2.05, 4.69) is 10.6 Å². The predicted molar refractivity (Wildman–Crippen MR) is 82.8 cm³/mol. The van der Waals surface area contributed by atoms with Crippen molar-refractivity contribution < 1.29 is 14.3 Å². The molecule has 0 saturated carbocycles. The first-order chi connectivity index (χ1) is 10.2. The molecule has 5 heteroatoms. The number of rotatable bonds is 6. The lowest BCUT2D eigenvalue weighted by Crippen LogP contribution is -2.27. The number of aryl methyl sites for hydroxylation is 1. The molecular formula is C16H24N2O3. The second kappa shape index (κ2) is 7.88. The monoisotopic (exact) mass is 292 g/mol. The summed E-state index contributed by atoms with van der Waals surface area (Å²) in [6.45, 7) is 3.87. The molecule has 0 bridgehead atoms. The maximum Gasteiger partial charge on any atom is 0.222 e. The van der Waals surface area contributed by atoms with E-state index in [-0.39, 0.29) is 11.9 Å². The average molecular weight is 292 g/mol. The van der Waals surface area contributed by atoms with Gasteiger partial charge >= 0.3 is 0 Å². The Hall–Kier alpha value is -1.75. The third-order valence-electron chi connectivity index (χ3n) is 3.53. The maximum atomic E-state index is 11.6. The molecule has 2 rings (SSSR count). The van der Waals surface area contributed by atoms with Crippen molar-refractivity contribution in [3.8, 4) is 5.75 Å². The molecule has 5 nitrogen and oxygen atoms in total. The molecule has 0 radical (unpaired) electrons. The number of nitrogens with one attached hydrogen (secondary N) is 2. The van der Waals surface area contributed by atoms with Gasteiger partial charge in [-0.2, -0.15) is 0 Å². The molecule has 21 heavy (non-hydrogen) atoms. The van der Waals surface area contributed by atoms with E-state index in [1.807, 2.05) is 25.1 Å². The molecule has 2 N–H and O–H groups in total. The zero-order valence-corrected chi connectivity index (χ0v) is 12.8. The quantitative estimate of drug-likeness (QED) is 0.788. The van der Waals surface area contributed by atoms with E-state index in [4.69, 9.17) is 9.47 Å². The van der Waals surface area contributed by atoms with Crippen molar-refractivity contribution in [3.63, 3.8) is 0 Å². The van der Waals surface area contributed by atoms with E-state index in [1.165, 1.54) is 0 Å². The molecule has 0 aliphatic carbocycles. The summed E-state index contributed by atoms with van der Waals surface area (Å²) >= 11 is 0. The molecule has 1 aromatic rings. The summed E-state index contributed by atoms with van der Waals surface area (Å²) in [7, 11) is 1.66. The first-order valence-corrected chi connectivity index (χ1v) is 7.44. The van der Waals surface area contributed by atoms with E-state index in [1.54, 1.807) is 7.11 Å². The Morgan fingerprint density at radius 2 is 2.24 bits per heavy atom. The van der Waals surface area contributed by atoms with Crippen molar-refractivity contribution >= 4 is 11.6 Å². The predicted octanol–water partition coefficient (Wildman–Crippen LogP) is 2.10. The molecule has 1 heterocycles. The van der Waals surface area contributed by atoms with E-state index < -0.39 is 0 Å². The fourth-order valence-corrected chi connectivity index (χ4v) is 2.42. The van der Waals surface area contributed by atoms with Crippen molar-refractivity contribution in [3.05, 3.63) is 23.8 Å². The van der Waals surface area contributed by atoms with Crippen LogP contribution in [0.25, 0.3) is 0 Å². The Bertz CT molecular complexity index is 477. The fourth-order valence-electron chi connectivity index (χ4n) is 2.42. The lowest BCUT2D eigenvalue weighted by molar-refractivity contribution is -0.120. The summed E-state index contributed by atoms with van der Waals surface area (Å²) in [4.78, 5) is 11.6. The van der Waals surface area contributed by atoms with Crippen LogP contribution in [0.5, 0.6) is 5.75 Å². The van der Waals surface area contributed by atoms with Gasteiger partial charge in [0.2, 0.25) is 5.91 Å². The lowest BCUT2D eigenvalue weighted by Gasteiger charge is -2.20. The Kier molecular flexibility index (Phi) is 5.87. The molecule has 1 unspecified atom stereocenters. The van der Waals surface area contributed by atoms with Crippen molar-refractivity contribution in [2.45, 2.75) is 32.2 Å². The highest BCUT2D eigenvalue weighted by Gasteiger charge is 2.18.